The Morgan fingerprint density at radius 2 is 2.16 bits per heavy atom. The van der Waals surface area contributed by atoms with Crippen molar-refractivity contribution in [2.45, 2.75) is 45.6 Å². The van der Waals surface area contributed by atoms with Gasteiger partial charge in [0.15, 0.2) is 10.6 Å². The van der Waals surface area contributed by atoms with Crippen molar-refractivity contribution in [1.29, 1.82) is 0 Å². The molecule has 0 spiro atoms. The van der Waals surface area contributed by atoms with Gasteiger partial charge in [0.25, 0.3) is 0 Å². The van der Waals surface area contributed by atoms with E-state index in [2.05, 4.69) is 46.1 Å². The number of rotatable bonds is 2. The summed E-state index contributed by atoms with van der Waals surface area (Å²) in [6, 6.07) is 4.67. The molecule has 0 amide bonds. The first-order valence-electron chi connectivity index (χ1n) is 6.78. The number of hydrogen-bond acceptors (Lipinski definition) is 3. The number of aromatic nitrogens is 3. The molecule has 1 aliphatic carbocycles. The molecule has 0 unspecified atom stereocenters. The molecular formula is C14H19N3S2. The predicted octanol–water partition coefficient (Wildman–Crippen LogP) is 4.81. The first kappa shape index (κ1) is 13.1. The molecule has 3 rings (SSSR count). The van der Waals surface area contributed by atoms with E-state index in [0.29, 0.717) is 11.5 Å². The number of nitrogens with zero attached hydrogens (tertiary/aromatic N) is 2. The van der Waals surface area contributed by atoms with E-state index < -0.39 is 0 Å². The van der Waals surface area contributed by atoms with Crippen molar-refractivity contribution in [3.05, 3.63) is 22.3 Å². The maximum absolute atomic E-state index is 5.43. The number of hydrogen-bond donors (Lipinski definition) is 1. The Morgan fingerprint density at radius 1 is 1.42 bits per heavy atom. The highest BCUT2D eigenvalue weighted by Gasteiger charge is 2.29. The number of H-pyrrole nitrogens is 1. The third kappa shape index (κ3) is 2.54. The lowest BCUT2D eigenvalue weighted by Crippen LogP contribution is -2.24. The Hall–Kier alpha value is -0.940. The molecule has 0 aliphatic heterocycles. The monoisotopic (exact) mass is 293 g/mol. The molecule has 3 nitrogen and oxygen atoms in total. The number of nitrogens with one attached hydrogen (secondary N) is 1. The van der Waals surface area contributed by atoms with Gasteiger partial charge < -0.3 is 0 Å². The summed E-state index contributed by atoms with van der Waals surface area (Å²) in [5, 5.41) is 9.48. The highest BCUT2D eigenvalue weighted by molar-refractivity contribution is 7.71. The second-order valence-electron chi connectivity index (χ2n) is 6.10. The van der Waals surface area contributed by atoms with Gasteiger partial charge >= 0.3 is 0 Å². The van der Waals surface area contributed by atoms with Crippen LogP contribution in [0, 0.1) is 10.2 Å². The molecule has 19 heavy (non-hydrogen) atoms. The topological polar surface area (TPSA) is 33.6 Å². The van der Waals surface area contributed by atoms with Crippen LogP contribution in [0.25, 0.3) is 10.7 Å². The standard InChI is InChI=1S/C14H19N3S2/c1-14(2)7-5-10(6-8-14)17-12(15-16-13(17)18)11-4-3-9-19-11/h3-4,9-10H,5-8H2,1-2H3,(H,16,18). The van der Waals surface area contributed by atoms with Crippen LogP contribution in [0.5, 0.6) is 0 Å². The van der Waals surface area contributed by atoms with Gasteiger partial charge in [0, 0.05) is 6.04 Å². The summed E-state index contributed by atoms with van der Waals surface area (Å²) in [6.07, 6.45) is 4.90. The Morgan fingerprint density at radius 3 is 2.79 bits per heavy atom. The van der Waals surface area contributed by atoms with Crippen molar-refractivity contribution >= 4 is 23.6 Å². The van der Waals surface area contributed by atoms with E-state index in [1.165, 1.54) is 30.6 Å². The van der Waals surface area contributed by atoms with E-state index in [-0.39, 0.29) is 0 Å². The summed E-state index contributed by atoms with van der Waals surface area (Å²) in [4.78, 5) is 1.19. The molecule has 0 aromatic carbocycles. The summed E-state index contributed by atoms with van der Waals surface area (Å²) < 4.78 is 2.99. The van der Waals surface area contributed by atoms with E-state index in [0.717, 1.165) is 10.6 Å². The van der Waals surface area contributed by atoms with Gasteiger partial charge in [-0.2, -0.15) is 5.10 Å². The van der Waals surface area contributed by atoms with Gasteiger partial charge in [-0.3, -0.25) is 9.67 Å². The van der Waals surface area contributed by atoms with Crippen LogP contribution in [0.4, 0.5) is 0 Å². The van der Waals surface area contributed by atoms with Crippen LogP contribution in [-0.4, -0.2) is 14.8 Å². The molecule has 2 aromatic heterocycles. The van der Waals surface area contributed by atoms with E-state index in [9.17, 15) is 0 Å². The van der Waals surface area contributed by atoms with Crippen LogP contribution in [0.2, 0.25) is 0 Å². The zero-order valence-electron chi connectivity index (χ0n) is 11.3. The van der Waals surface area contributed by atoms with Crippen LogP contribution in [0.3, 0.4) is 0 Å². The second-order valence-corrected chi connectivity index (χ2v) is 7.43. The summed E-state index contributed by atoms with van der Waals surface area (Å²) in [6.45, 7) is 4.72. The Bertz CT molecular complexity index is 597. The summed E-state index contributed by atoms with van der Waals surface area (Å²) >= 11 is 7.15. The van der Waals surface area contributed by atoms with Gasteiger partial charge in [-0.05, 0) is 54.8 Å². The molecule has 0 saturated heterocycles. The lowest BCUT2D eigenvalue weighted by atomic mass is 9.75. The van der Waals surface area contributed by atoms with Gasteiger partial charge in [0.1, 0.15) is 0 Å². The lowest BCUT2D eigenvalue weighted by Gasteiger charge is -2.35. The van der Waals surface area contributed by atoms with Crippen molar-refractivity contribution in [2.75, 3.05) is 0 Å². The minimum atomic E-state index is 0.478. The zero-order valence-corrected chi connectivity index (χ0v) is 13.0. The van der Waals surface area contributed by atoms with Crippen molar-refractivity contribution in [3.8, 4) is 10.7 Å². The van der Waals surface area contributed by atoms with Crippen LogP contribution in [0.15, 0.2) is 17.5 Å². The molecule has 0 atom stereocenters. The van der Waals surface area contributed by atoms with Gasteiger partial charge in [-0.15, -0.1) is 11.3 Å². The molecule has 1 N–H and O–H groups in total. The third-order valence-electron chi connectivity index (χ3n) is 4.12. The Labute approximate surface area is 122 Å². The first-order valence-corrected chi connectivity index (χ1v) is 8.06. The van der Waals surface area contributed by atoms with Gasteiger partial charge in [-0.1, -0.05) is 19.9 Å². The van der Waals surface area contributed by atoms with Crippen molar-refractivity contribution < 1.29 is 0 Å². The van der Waals surface area contributed by atoms with E-state index >= 15 is 0 Å². The lowest BCUT2D eigenvalue weighted by molar-refractivity contribution is 0.193. The molecule has 1 aliphatic rings. The van der Waals surface area contributed by atoms with Crippen molar-refractivity contribution in [1.82, 2.24) is 14.8 Å². The average molecular weight is 293 g/mol. The molecule has 0 bridgehead atoms. The minimum absolute atomic E-state index is 0.478. The largest absolute Gasteiger partial charge is 0.296 e. The molecule has 102 valence electrons. The molecule has 2 aromatic rings. The SMILES string of the molecule is CC1(C)CCC(n2c(-c3cccs3)n[nH]c2=S)CC1. The van der Waals surface area contributed by atoms with Gasteiger partial charge in [0.05, 0.1) is 4.88 Å². The molecule has 1 fully saturated rings. The fourth-order valence-corrected chi connectivity index (χ4v) is 3.86. The van der Waals surface area contributed by atoms with E-state index in [1.807, 2.05) is 0 Å². The van der Waals surface area contributed by atoms with Crippen LogP contribution >= 0.6 is 23.6 Å². The molecule has 5 heteroatoms. The normalized spacial score (nSPS) is 19.7. The number of aromatic amines is 1. The fourth-order valence-electron chi connectivity index (χ4n) is 2.87. The smallest absolute Gasteiger partial charge is 0.195 e. The third-order valence-corrected chi connectivity index (χ3v) is 5.27. The van der Waals surface area contributed by atoms with Crippen LogP contribution in [-0.2, 0) is 0 Å². The summed E-state index contributed by atoms with van der Waals surface area (Å²) in [5.74, 6) is 1.00. The molecule has 1 saturated carbocycles. The molecule has 0 radical (unpaired) electrons. The van der Waals surface area contributed by atoms with Gasteiger partial charge in [0.2, 0.25) is 0 Å². The first-order chi connectivity index (χ1) is 9.07. The fraction of sp³-hybridized carbons (Fsp3) is 0.571. The highest BCUT2D eigenvalue weighted by Crippen LogP contribution is 2.41. The predicted molar refractivity (Wildman–Crippen MR) is 82.0 cm³/mol. The Kier molecular flexibility index (Phi) is 3.35. The van der Waals surface area contributed by atoms with Crippen molar-refractivity contribution in [2.24, 2.45) is 5.41 Å². The second kappa shape index (κ2) is 4.87. The molecular weight excluding hydrogens is 274 g/mol. The number of thiophene rings is 1. The maximum atomic E-state index is 5.43. The zero-order chi connectivity index (χ0) is 13.5. The van der Waals surface area contributed by atoms with E-state index in [1.54, 1.807) is 11.3 Å². The quantitative estimate of drug-likeness (QED) is 0.806. The summed E-state index contributed by atoms with van der Waals surface area (Å²) in [5.41, 5.74) is 0.478. The van der Waals surface area contributed by atoms with Crippen LogP contribution in [0.1, 0.15) is 45.6 Å². The van der Waals surface area contributed by atoms with Gasteiger partial charge in [-0.25, -0.2) is 0 Å². The Balaban J connectivity index is 1.93. The minimum Gasteiger partial charge on any atom is -0.296 e. The van der Waals surface area contributed by atoms with E-state index in [4.69, 9.17) is 12.2 Å². The maximum Gasteiger partial charge on any atom is 0.195 e. The van der Waals surface area contributed by atoms with Crippen molar-refractivity contribution in [3.63, 3.8) is 0 Å². The highest BCUT2D eigenvalue weighted by atomic mass is 32.1. The summed E-state index contributed by atoms with van der Waals surface area (Å²) in [7, 11) is 0. The average Bonchev–Trinajstić information content (AvgIpc) is 2.98. The van der Waals surface area contributed by atoms with Crippen LogP contribution < -0.4 is 0 Å². The molecule has 2 heterocycles.